The van der Waals surface area contributed by atoms with Crippen LogP contribution in [0.5, 0.6) is 0 Å². The summed E-state index contributed by atoms with van der Waals surface area (Å²) in [4.78, 5) is 0.427. The molecule has 0 aliphatic carbocycles. The Morgan fingerprint density at radius 3 is 2.11 bits per heavy atom. The number of halogens is 2. The van der Waals surface area contributed by atoms with E-state index in [2.05, 4.69) is 6.92 Å². The van der Waals surface area contributed by atoms with Crippen molar-refractivity contribution in [2.24, 2.45) is 0 Å². The lowest BCUT2D eigenvalue weighted by atomic mass is 10.1. The van der Waals surface area contributed by atoms with Gasteiger partial charge in [0.05, 0.1) is 4.90 Å². The molecule has 0 fully saturated rings. The highest BCUT2D eigenvalue weighted by Crippen LogP contribution is 2.26. The molecule has 0 radical (unpaired) electrons. The van der Waals surface area contributed by atoms with Crippen LogP contribution in [-0.4, -0.2) is 9.68 Å². The molecule has 5 heteroatoms. The minimum atomic E-state index is -3.15. The van der Waals surface area contributed by atoms with Crippen LogP contribution in [0.25, 0.3) is 0 Å². The van der Waals surface area contributed by atoms with Crippen LogP contribution in [0, 0.1) is 0 Å². The summed E-state index contributed by atoms with van der Waals surface area (Å²) in [6, 6.07) is 7.37. The van der Waals surface area contributed by atoms with Crippen molar-refractivity contribution in [3.05, 3.63) is 29.8 Å². The number of alkyl halides is 2. The van der Waals surface area contributed by atoms with Crippen molar-refractivity contribution >= 4 is 55.0 Å². The van der Waals surface area contributed by atoms with E-state index in [0.29, 0.717) is 4.90 Å². The first-order chi connectivity index (χ1) is 8.98. The van der Waals surface area contributed by atoms with E-state index in [9.17, 15) is 8.42 Å². The second-order valence-corrected chi connectivity index (χ2v) is 13.2. The van der Waals surface area contributed by atoms with Crippen molar-refractivity contribution < 1.29 is 8.42 Å². The van der Waals surface area contributed by atoms with Gasteiger partial charge in [-0.25, -0.2) is 8.42 Å². The molecule has 0 unspecified atom stereocenters. The highest BCUT2D eigenvalue weighted by Gasteiger charge is 2.21. The third kappa shape index (κ3) is 5.87. The summed E-state index contributed by atoms with van der Waals surface area (Å²) in [6.07, 6.45) is 7.37. The fourth-order valence-corrected chi connectivity index (χ4v) is 4.36. The molecule has 0 heterocycles. The predicted octanol–water partition coefficient (Wildman–Crippen LogP) is 5.13. The van der Waals surface area contributed by atoms with Crippen molar-refractivity contribution in [3.8, 4) is 0 Å². The van der Waals surface area contributed by atoms with E-state index >= 15 is 0 Å². The Labute approximate surface area is 144 Å². The van der Waals surface area contributed by atoms with Gasteiger partial charge in [0.25, 0.3) is 0 Å². The quantitative estimate of drug-likeness (QED) is 0.279. The molecule has 2 nitrogen and oxygen atoms in total. The topological polar surface area (TPSA) is 34.1 Å². The van der Waals surface area contributed by atoms with Gasteiger partial charge in [0.1, 0.15) is 0 Å². The SMILES string of the molecule is CCCCCCCc1ccc(S(=O)(=O)C(I)I)cc1. The average Bonchev–Trinajstić information content (AvgIpc) is 2.39. The normalized spacial score (nSPS) is 12.0. The molecule has 19 heavy (non-hydrogen) atoms. The van der Waals surface area contributed by atoms with Crippen LogP contribution in [0.4, 0.5) is 0 Å². The maximum Gasteiger partial charge on any atom is 0.199 e. The van der Waals surface area contributed by atoms with Crippen LogP contribution in [0.3, 0.4) is 0 Å². The first-order valence-electron chi connectivity index (χ1n) is 6.59. The van der Waals surface area contributed by atoms with Gasteiger partial charge < -0.3 is 0 Å². The molecule has 108 valence electrons. The summed E-state index contributed by atoms with van der Waals surface area (Å²) in [6.45, 7) is 2.21. The van der Waals surface area contributed by atoms with E-state index < -0.39 is 11.1 Å². The van der Waals surface area contributed by atoms with Gasteiger partial charge in [0.15, 0.2) is 11.1 Å². The monoisotopic (exact) mass is 506 g/mol. The molecular weight excluding hydrogens is 486 g/mol. The summed E-state index contributed by atoms with van der Waals surface area (Å²) < 4.78 is 23.5. The molecule has 0 aliphatic heterocycles. The van der Waals surface area contributed by atoms with Gasteiger partial charge in [-0.1, -0.05) is 89.9 Å². The molecule has 0 N–H and O–H groups in total. The molecule has 0 spiro atoms. The third-order valence-corrected chi connectivity index (χ3v) is 8.47. The smallest absolute Gasteiger partial charge is 0.199 e. The Hall–Kier alpha value is 0.630. The molecule has 0 aromatic heterocycles. The summed E-state index contributed by atoms with van der Waals surface area (Å²) in [5, 5.41) is 0. The minimum absolute atomic E-state index is 0.414. The van der Waals surface area contributed by atoms with Gasteiger partial charge >= 0.3 is 0 Å². The van der Waals surface area contributed by atoms with Gasteiger partial charge in [-0.15, -0.1) is 0 Å². The molecule has 0 saturated heterocycles. The first kappa shape index (κ1) is 17.7. The lowest BCUT2D eigenvalue weighted by Crippen LogP contribution is -2.08. The van der Waals surface area contributed by atoms with Crippen molar-refractivity contribution in [1.29, 1.82) is 0 Å². The lowest BCUT2D eigenvalue weighted by Gasteiger charge is -2.07. The van der Waals surface area contributed by atoms with Crippen LogP contribution in [0.2, 0.25) is 0 Å². The highest BCUT2D eigenvalue weighted by molar-refractivity contribution is 14.2. The number of benzene rings is 1. The van der Waals surface area contributed by atoms with Gasteiger partial charge in [-0.3, -0.25) is 0 Å². The van der Waals surface area contributed by atoms with Crippen LogP contribution in [-0.2, 0) is 16.3 Å². The van der Waals surface area contributed by atoms with E-state index in [4.69, 9.17) is 0 Å². The van der Waals surface area contributed by atoms with Gasteiger partial charge in [-0.2, -0.15) is 0 Å². The second-order valence-electron chi connectivity index (χ2n) is 4.61. The Bertz CT molecular complexity index is 467. The Morgan fingerprint density at radius 2 is 1.58 bits per heavy atom. The Morgan fingerprint density at radius 1 is 1.00 bits per heavy atom. The number of sulfone groups is 1. The van der Waals surface area contributed by atoms with Gasteiger partial charge in [0, 0.05) is 0 Å². The number of hydrogen-bond donors (Lipinski definition) is 0. The zero-order valence-corrected chi connectivity index (χ0v) is 16.2. The molecule has 1 aromatic rings. The van der Waals surface area contributed by atoms with Crippen LogP contribution < -0.4 is 0 Å². The van der Waals surface area contributed by atoms with Crippen LogP contribution >= 0.6 is 45.2 Å². The average molecular weight is 506 g/mol. The zero-order valence-electron chi connectivity index (χ0n) is 11.1. The largest absolute Gasteiger partial charge is 0.222 e. The minimum Gasteiger partial charge on any atom is -0.222 e. The van der Waals surface area contributed by atoms with E-state index in [1.807, 2.05) is 57.3 Å². The molecule has 0 atom stereocenters. The van der Waals surface area contributed by atoms with Crippen molar-refractivity contribution in [1.82, 2.24) is 0 Å². The first-order valence-corrected chi connectivity index (χ1v) is 10.6. The summed E-state index contributed by atoms with van der Waals surface area (Å²) >= 11 is 3.86. The predicted molar refractivity (Wildman–Crippen MR) is 97.9 cm³/mol. The molecular formula is C14H20I2O2S. The maximum absolute atomic E-state index is 12.0. The lowest BCUT2D eigenvalue weighted by molar-refractivity contribution is 0.600. The van der Waals surface area contributed by atoms with Crippen LogP contribution in [0.1, 0.15) is 44.6 Å². The van der Waals surface area contributed by atoms with Crippen molar-refractivity contribution in [2.75, 3.05) is 0 Å². The Balaban J connectivity index is 2.53. The molecule has 0 aliphatic rings. The molecule has 1 aromatic carbocycles. The third-order valence-electron chi connectivity index (χ3n) is 3.06. The summed E-state index contributed by atoms with van der Waals surface area (Å²) in [7, 11) is -3.15. The number of hydrogen-bond acceptors (Lipinski definition) is 2. The van der Waals surface area contributed by atoms with Crippen LogP contribution in [0.15, 0.2) is 29.2 Å². The van der Waals surface area contributed by atoms with E-state index in [-0.39, 0.29) is 0 Å². The van der Waals surface area contributed by atoms with E-state index in [1.165, 1.54) is 37.7 Å². The Kier molecular flexibility index (Phi) is 8.20. The molecule has 1 rings (SSSR count). The summed E-state index contributed by atoms with van der Waals surface area (Å²) in [5.41, 5.74) is 1.23. The summed E-state index contributed by atoms with van der Waals surface area (Å²) in [5.74, 6) is 0. The maximum atomic E-state index is 12.0. The van der Waals surface area contributed by atoms with Gasteiger partial charge in [0.2, 0.25) is 0 Å². The second kappa shape index (κ2) is 8.81. The number of rotatable bonds is 8. The van der Waals surface area contributed by atoms with E-state index in [0.717, 1.165) is 6.42 Å². The fraction of sp³-hybridized carbons (Fsp3) is 0.571. The standard InChI is InChI=1S/C14H20I2O2S/c1-2-3-4-5-6-7-12-8-10-13(11-9-12)19(17,18)14(15)16/h8-11,14H,2-7H2,1H3. The van der Waals surface area contributed by atoms with Crippen molar-refractivity contribution in [2.45, 2.75) is 51.6 Å². The molecule has 0 bridgehead atoms. The highest BCUT2D eigenvalue weighted by atomic mass is 127. The fourth-order valence-electron chi connectivity index (χ4n) is 1.88. The van der Waals surface area contributed by atoms with Crippen molar-refractivity contribution in [3.63, 3.8) is 0 Å². The zero-order chi connectivity index (χ0) is 14.3. The van der Waals surface area contributed by atoms with Gasteiger partial charge in [-0.05, 0) is 30.5 Å². The van der Waals surface area contributed by atoms with E-state index in [1.54, 1.807) is 12.1 Å². The molecule has 0 amide bonds. The molecule has 0 saturated carbocycles. The number of aryl methyl sites for hydroxylation is 1. The number of unbranched alkanes of at least 4 members (excludes halogenated alkanes) is 4.